The van der Waals surface area contributed by atoms with Crippen LogP contribution in [0.4, 0.5) is 15.8 Å². The summed E-state index contributed by atoms with van der Waals surface area (Å²) in [6, 6.07) is 16.2. The second kappa shape index (κ2) is 20.5. The maximum Gasteiger partial charge on any atom is 0.253 e. The van der Waals surface area contributed by atoms with E-state index in [0.717, 1.165) is 51.5 Å². The highest BCUT2D eigenvalue weighted by Gasteiger charge is 2.72. The van der Waals surface area contributed by atoms with E-state index < -0.39 is 34.6 Å². The zero-order valence-corrected chi connectivity index (χ0v) is 35.6. The van der Waals surface area contributed by atoms with Crippen molar-refractivity contribution in [1.29, 1.82) is 0 Å². The Morgan fingerprint density at radius 3 is 2.27 bits per heavy atom. The molecular formula is C45H57Cl2FN6O6. The van der Waals surface area contributed by atoms with E-state index in [-0.39, 0.29) is 22.4 Å². The number of likely N-dealkylation sites (tertiary alicyclic amines) is 1. The number of benzene rings is 3. The Bertz CT molecular complexity index is 1960. The molecule has 0 aromatic heterocycles. The molecule has 2 spiro atoms. The number of hydrogen-bond donors (Lipinski definition) is 5. The molecule has 7 rings (SSSR count). The molecule has 2 saturated heterocycles. The van der Waals surface area contributed by atoms with Crippen molar-refractivity contribution in [1.82, 2.24) is 15.5 Å². The van der Waals surface area contributed by atoms with E-state index in [4.69, 9.17) is 43.1 Å². The number of nitrogens with two attached hydrogens (primary N) is 1. The zero-order valence-electron chi connectivity index (χ0n) is 34.0. The Morgan fingerprint density at radius 2 is 1.57 bits per heavy atom. The second-order valence-electron chi connectivity index (χ2n) is 16.3. The largest absolute Gasteiger partial charge is 0.379 e. The zero-order chi connectivity index (χ0) is 42.1. The van der Waals surface area contributed by atoms with Gasteiger partial charge in [0.05, 0.1) is 37.5 Å². The molecule has 3 amide bonds. The normalized spacial score (nSPS) is 22.3. The average Bonchev–Trinajstić information content (AvgIpc) is 3.71. The van der Waals surface area contributed by atoms with Gasteiger partial charge in [0.2, 0.25) is 11.8 Å². The SMILES string of the molecule is NCCCOCCOCCOCCCNC1CCN(C(=O)c2ccc(NC(=O)[C@@H]3NC4(CCCCC4)[C@@]4(C(=O)Nc5cc(Cl)ccc54)[C@H]3c3cccc(Cl)c3F)cc2)CC1. The molecule has 12 nitrogen and oxygen atoms in total. The summed E-state index contributed by atoms with van der Waals surface area (Å²) in [4.78, 5) is 44.6. The predicted molar refractivity (Wildman–Crippen MR) is 231 cm³/mol. The lowest BCUT2D eigenvalue weighted by atomic mass is 9.55. The lowest BCUT2D eigenvalue weighted by Crippen LogP contribution is -2.60. The Kier molecular flexibility index (Phi) is 15.1. The summed E-state index contributed by atoms with van der Waals surface area (Å²) >= 11 is 12.8. The third-order valence-electron chi connectivity index (χ3n) is 12.6. The molecule has 3 aliphatic heterocycles. The summed E-state index contributed by atoms with van der Waals surface area (Å²) in [5.41, 5.74) is 5.72. The van der Waals surface area contributed by atoms with E-state index in [1.54, 1.807) is 48.5 Å². The molecule has 324 valence electrons. The van der Waals surface area contributed by atoms with Gasteiger partial charge in [0, 0.05) is 65.8 Å². The van der Waals surface area contributed by atoms with Gasteiger partial charge in [0.15, 0.2) is 0 Å². The molecule has 3 fully saturated rings. The van der Waals surface area contributed by atoms with Crippen molar-refractivity contribution in [3.05, 3.63) is 93.2 Å². The Balaban J connectivity index is 0.950. The van der Waals surface area contributed by atoms with Gasteiger partial charge < -0.3 is 40.8 Å². The number of rotatable bonds is 18. The highest BCUT2D eigenvalue weighted by molar-refractivity contribution is 6.31. The number of nitrogens with one attached hydrogen (secondary N) is 4. The van der Waals surface area contributed by atoms with Crippen LogP contribution in [0.2, 0.25) is 10.0 Å². The first kappa shape index (κ1) is 44.4. The molecule has 60 heavy (non-hydrogen) atoms. The highest BCUT2D eigenvalue weighted by atomic mass is 35.5. The van der Waals surface area contributed by atoms with Crippen LogP contribution in [0.15, 0.2) is 60.7 Å². The molecule has 0 radical (unpaired) electrons. The van der Waals surface area contributed by atoms with E-state index >= 15 is 4.39 Å². The first-order chi connectivity index (χ1) is 29.2. The van der Waals surface area contributed by atoms with Crippen LogP contribution < -0.4 is 27.0 Å². The van der Waals surface area contributed by atoms with Gasteiger partial charge in [-0.15, -0.1) is 0 Å². The van der Waals surface area contributed by atoms with E-state index in [1.807, 2.05) is 11.0 Å². The first-order valence-electron chi connectivity index (χ1n) is 21.4. The van der Waals surface area contributed by atoms with Gasteiger partial charge >= 0.3 is 0 Å². The van der Waals surface area contributed by atoms with Crippen LogP contribution in [0, 0.1) is 5.82 Å². The molecule has 3 atom stereocenters. The van der Waals surface area contributed by atoms with Crippen molar-refractivity contribution in [2.45, 2.75) is 86.7 Å². The third kappa shape index (κ3) is 9.39. The molecule has 3 aromatic rings. The third-order valence-corrected chi connectivity index (χ3v) is 13.1. The van der Waals surface area contributed by atoms with E-state index in [9.17, 15) is 14.4 Å². The number of amides is 3. The van der Waals surface area contributed by atoms with Crippen LogP contribution in [-0.2, 0) is 29.2 Å². The lowest BCUT2D eigenvalue weighted by molar-refractivity contribution is -0.124. The fraction of sp³-hybridized carbons (Fsp3) is 0.533. The van der Waals surface area contributed by atoms with Gasteiger partial charge in [0.25, 0.3) is 5.91 Å². The summed E-state index contributed by atoms with van der Waals surface area (Å²) in [5.74, 6) is -2.38. The van der Waals surface area contributed by atoms with Crippen molar-refractivity contribution in [3.63, 3.8) is 0 Å². The van der Waals surface area contributed by atoms with Gasteiger partial charge in [0.1, 0.15) is 11.2 Å². The fourth-order valence-corrected chi connectivity index (χ4v) is 10.2. The molecule has 0 bridgehead atoms. The monoisotopic (exact) mass is 866 g/mol. The van der Waals surface area contributed by atoms with Crippen molar-refractivity contribution < 1.29 is 33.0 Å². The molecule has 15 heteroatoms. The van der Waals surface area contributed by atoms with Crippen LogP contribution in [0.25, 0.3) is 0 Å². The van der Waals surface area contributed by atoms with Crippen molar-refractivity contribution in [2.75, 3.05) is 76.5 Å². The number of anilines is 2. The summed E-state index contributed by atoms with van der Waals surface area (Å²) in [5, 5.41) is 13.7. The number of fused-ring (bicyclic) bond motifs is 3. The molecule has 3 aromatic carbocycles. The van der Waals surface area contributed by atoms with E-state index in [0.29, 0.717) is 106 Å². The van der Waals surface area contributed by atoms with Crippen LogP contribution in [0.1, 0.15) is 85.2 Å². The van der Waals surface area contributed by atoms with Crippen molar-refractivity contribution >= 4 is 52.3 Å². The molecule has 3 heterocycles. The second-order valence-corrected chi connectivity index (χ2v) is 17.1. The minimum absolute atomic E-state index is 0.0646. The maximum absolute atomic E-state index is 16.2. The molecule has 1 aliphatic carbocycles. The number of carbonyl (C=O) groups excluding carboxylic acids is 3. The van der Waals surface area contributed by atoms with Gasteiger partial charge in [-0.1, -0.05) is 60.7 Å². The molecule has 6 N–H and O–H groups in total. The molecule has 4 aliphatic rings. The quantitative estimate of drug-likeness (QED) is 0.0914. The van der Waals surface area contributed by atoms with Gasteiger partial charge in [-0.05, 0) is 105 Å². The number of carbonyl (C=O) groups is 3. The lowest BCUT2D eigenvalue weighted by Gasteiger charge is -2.47. The summed E-state index contributed by atoms with van der Waals surface area (Å²) in [6.45, 7) is 6.26. The predicted octanol–water partition coefficient (Wildman–Crippen LogP) is 6.40. The molecule has 1 saturated carbocycles. The molecule has 0 unspecified atom stereocenters. The minimum atomic E-state index is -1.33. The number of hydrogen-bond acceptors (Lipinski definition) is 9. The average molecular weight is 868 g/mol. The number of nitrogens with zero attached hydrogens (tertiary/aromatic N) is 1. The smallest absolute Gasteiger partial charge is 0.253 e. The number of ether oxygens (including phenoxy) is 3. The van der Waals surface area contributed by atoms with Crippen LogP contribution in [0.3, 0.4) is 0 Å². The summed E-state index contributed by atoms with van der Waals surface area (Å²) < 4.78 is 32.8. The maximum atomic E-state index is 16.2. The van der Waals surface area contributed by atoms with Crippen LogP contribution >= 0.6 is 23.2 Å². The van der Waals surface area contributed by atoms with Gasteiger partial charge in [-0.3, -0.25) is 19.7 Å². The van der Waals surface area contributed by atoms with E-state index in [1.165, 1.54) is 6.07 Å². The van der Waals surface area contributed by atoms with E-state index in [2.05, 4.69) is 21.3 Å². The summed E-state index contributed by atoms with van der Waals surface area (Å²) in [6.07, 6.45) is 7.36. The topological polar surface area (TPSA) is 156 Å². The standard InChI is InChI=1S/C45H57Cl2FN6O6/c46-31-11-14-35-37(29-31)52-43(57)45(35)38(34-7-4-8-36(47)39(34)48)40(53-44(45)17-2-1-3-18-44)41(55)51-33-12-9-30(10-13-33)42(56)54-21-15-32(16-22-54)50-20-6-24-59-26-28-60-27-25-58-23-5-19-49/h4,7-14,29,32,38,40,50,53H,1-3,5-6,15-28,49H2,(H,51,55)(H,52,57)/t38-,40+,45+/m0/s1. The van der Waals surface area contributed by atoms with Gasteiger partial charge in [-0.25, -0.2) is 4.39 Å². The van der Waals surface area contributed by atoms with Crippen LogP contribution in [0.5, 0.6) is 0 Å². The highest BCUT2D eigenvalue weighted by Crippen LogP contribution is 2.62. The van der Waals surface area contributed by atoms with Gasteiger partial charge in [-0.2, -0.15) is 0 Å². The minimum Gasteiger partial charge on any atom is -0.379 e. The van der Waals surface area contributed by atoms with Crippen LogP contribution in [-0.4, -0.2) is 106 Å². The number of piperidine rings is 1. The van der Waals surface area contributed by atoms with Crippen molar-refractivity contribution in [3.8, 4) is 0 Å². The Labute approximate surface area is 361 Å². The van der Waals surface area contributed by atoms with Crippen molar-refractivity contribution in [2.24, 2.45) is 5.73 Å². The Hall–Kier alpha value is -3.66. The first-order valence-corrected chi connectivity index (χ1v) is 22.1. The number of halogens is 3. The molecular weight excluding hydrogens is 810 g/mol. The summed E-state index contributed by atoms with van der Waals surface area (Å²) in [7, 11) is 0. The Morgan fingerprint density at radius 1 is 0.883 bits per heavy atom. The fourth-order valence-electron chi connectivity index (χ4n) is 9.81.